The molecule has 0 spiro atoms. The maximum absolute atomic E-state index is 13.4. The van der Waals surface area contributed by atoms with Crippen molar-refractivity contribution in [2.45, 2.75) is 32.5 Å². The minimum atomic E-state index is -0.824. The van der Waals surface area contributed by atoms with Gasteiger partial charge in [0.15, 0.2) is 0 Å². The molecule has 1 aliphatic rings. The Bertz CT molecular complexity index is 1090. The third kappa shape index (κ3) is 3.71. The van der Waals surface area contributed by atoms with E-state index < -0.39 is 6.10 Å². The van der Waals surface area contributed by atoms with Gasteiger partial charge >= 0.3 is 0 Å². The van der Waals surface area contributed by atoms with Gasteiger partial charge in [-0.1, -0.05) is 55.5 Å². The number of nitrogen functional groups attached to an aromatic ring is 1. The van der Waals surface area contributed by atoms with Gasteiger partial charge in [-0.3, -0.25) is 14.6 Å². The van der Waals surface area contributed by atoms with Crippen LogP contribution in [0.2, 0.25) is 0 Å². The van der Waals surface area contributed by atoms with Crippen LogP contribution in [0.25, 0.3) is 0 Å². The maximum atomic E-state index is 13.4. The number of fused-ring (bicyclic) bond motifs is 1. The highest BCUT2D eigenvalue weighted by atomic mass is 16.5. The Labute approximate surface area is 168 Å². The number of aromatic amines is 1. The fourth-order valence-electron chi connectivity index (χ4n) is 3.53. The lowest BCUT2D eigenvalue weighted by Crippen LogP contribution is -2.34. The number of nitrogens with two attached hydrogens (primary N) is 1. The second-order valence-electron chi connectivity index (χ2n) is 6.94. The zero-order valence-corrected chi connectivity index (χ0v) is 16.1. The van der Waals surface area contributed by atoms with Crippen molar-refractivity contribution in [1.29, 1.82) is 0 Å². The summed E-state index contributed by atoms with van der Waals surface area (Å²) in [4.78, 5) is 33.9. The van der Waals surface area contributed by atoms with Crippen molar-refractivity contribution in [2.75, 3.05) is 5.73 Å². The van der Waals surface area contributed by atoms with Gasteiger partial charge in [0.1, 0.15) is 5.75 Å². The maximum Gasteiger partial charge on any atom is 0.269 e. The minimum Gasteiger partial charge on any atom is -0.476 e. The Kier molecular flexibility index (Phi) is 5.03. The highest BCUT2D eigenvalue weighted by molar-refractivity contribution is 5.83. The summed E-state index contributed by atoms with van der Waals surface area (Å²) < 4.78 is 6.23. The summed E-state index contributed by atoms with van der Waals surface area (Å²) in [5.74, 6) is 0.503. The number of anilines is 1. The van der Waals surface area contributed by atoms with Crippen LogP contribution in [0, 0.1) is 0 Å². The molecule has 2 heterocycles. The molecule has 3 N–H and O–H groups in total. The largest absolute Gasteiger partial charge is 0.476 e. The van der Waals surface area contributed by atoms with E-state index in [0.29, 0.717) is 17.0 Å². The van der Waals surface area contributed by atoms with Crippen LogP contribution in [0.15, 0.2) is 59.4 Å². The third-order valence-electron chi connectivity index (χ3n) is 5.05. The summed E-state index contributed by atoms with van der Waals surface area (Å²) in [5.41, 5.74) is 8.10. The number of carbonyl (C=O) groups excluding carboxylic acids is 1. The predicted molar refractivity (Wildman–Crippen MR) is 109 cm³/mol. The third-order valence-corrected chi connectivity index (χ3v) is 5.05. The molecular weight excluding hydrogens is 368 g/mol. The van der Waals surface area contributed by atoms with Gasteiger partial charge in [0.05, 0.1) is 24.3 Å². The Balaban J connectivity index is 1.66. The lowest BCUT2D eigenvalue weighted by molar-refractivity contribution is -0.139. The molecule has 0 radical (unpaired) electrons. The van der Waals surface area contributed by atoms with E-state index in [4.69, 9.17) is 10.5 Å². The van der Waals surface area contributed by atoms with Crippen molar-refractivity contribution in [2.24, 2.45) is 0 Å². The number of hydrogen-bond donors (Lipinski definition) is 2. The molecule has 148 valence electrons. The number of nitrogens with zero attached hydrogens (tertiary/aromatic N) is 2. The number of aryl methyl sites for hydroxylation is 1. The zero-order valence-electron chi connectivity index (χ0n) is 16.1. The van der Waals surface area contributed by atoms with Crippen LogP contribution in [0.3, 0.4) is 0 Å². The number of aromatic nitrogens is 2. The number of H-pyrrole nitrogens is 1. The van der Waals surface area contributed by atoms with Crippen LogP contribution >= 0.6 is 0 Å². The molecule has 4 rings (SSSR count). The molecule has 1 atom stereocenters. The highest BCUT2D eigenvalue weighted by Crippen LogP contribution is 2.29. The molecular formula is C22H22N4O3. The Morgan fingerprint density at radius 1 is 1.17 bits per heavy atom. The molecule has 7 nitrogen and oxygen atoms in total. The second-order valence-corrected chi connectivity index (χ2v) is 6.94. The van der Waals surface area contributed by atoms with E-state index in [1.807, 2.05) is 61.5 Å². The number of benzene rings is 2. The van der Waals surface area contributed by atoms with Crippen LogP contribution in [0.1, 0.15) is 35.4 Å². The number of amides is 1. The first kappa shape index (κ1) is 18.7. The molecule has 1 amide bonds. The van der Waals surface area contributed by atoms with Crippen molar-refractivity contribution < 1.29 is 9.53 Å². The molecule has 0 bridgehead atoms. The fraction of sp³-hybridized carbons (Fsp3) is 0.227. The van der Waals surface area contributed by atoms with Gasteiger partial charge in [0.2, 0.25) is 12.1 Å². The van der Waals surface area contributed by atoms with Crippen LogP contribution in [0.5, 0.6) is 5.75 Å². The SMILES string of the molecule is CCc1ccccc1OC(C(=O)N1Cc2nc(N)[nH]c(=O)c2C1)c1ccccc1. The predicted octanol–water partition coefficient (Wildman–Crippen LogP) is 2.58. The van der Waals surface area contributed by atoms with E-state index in [-0.39, 0.29) is 30.5 Å². The second kappa shape index (κ2) is 7.79. The Morgan fingerprint density at radius 3 is 2.66 bits per heavy atom. The molecule has 2 aromatic carbocycles. The summed E-state index contributed by atoms with van der Waals surface area (Å²) in [7, 11) is 0. The Hall–Kier alpha value is -3.61. The fourth-order valence-corrected chi connectivity index (χ4v) is 3.53. The van der Waals surface area contributed by atoms with Gasteiger partial charge in [0.25, 0.3) is 11.5 Å². The van der Waals surface area contributed by atoms with E-state index in [9.17, 15) is 9.59 Å². The minimum absolute atomic E-state index is 0.0516. The van der Waals surface area contributed by atoms with Crippen LogP contribution in [-0.2, 0) is 24.3 Å². The molecule has 0 saturated carbocycles. The number of rotatable bonds is 5. The summed E-state index contributed by atoms with van der Waals surface area (Å²) in [6.07, 6.45) is -0.0331. The Morgan fingerprint density at radius 2 is 1.90 bits per heavy atom. The molecule has 1 unspecified atom stereocenters. The van der Waals surface area contributed by atoms with Gasteiger partial charge in [-0.05, 0) is 18.1 Å². The number of para-hydroxylation sites is 1. The van der Waals surface area contributed by atoms with Gasteiger partial charge in [-0.15, -0.1) is 0 Å². The topological polar surface area (TPSA) is 101 Å². The van der Waals surface area contributed by atoms with Crippen molar-refractivity contribution in [3.8, 4) is 5.75 Å². The van der Waals surface area contributed by atoms with Gasteiger partial charge in [-0.25, -0.2) is 4.98 Å². The quantitative estimate of drug-likeness (QED) is 0.697. The number of nitrogens with one attached hydrogen (secondary N) is 1. The van der Waals surface area contributed by atoms with Crippen LogP contribution in [-0.4, -0.2) is 20.8 Å². The van der Waals surface area contributed by atoms with Gasteiger partial charge < -0.3 is 15.4 Å². The summed E-state index contributed by atoms with van der Waals surface area (Å²) in [6.45, 7) is 2.45. The molecule has 1 aliphatic heterocycles. The molecule has 0 saturated heterocycles. The number of ether oxygens (including phenoxy) is 1. The standard InChI is InChI=1S/C22H22N4O3/c1-2-14-8-6-7-11-18(14)29-19(15-9-4-3-5-10-15)21(28)26-12-16-17(13-26)24-22(23)25-20(16)27/h3-11,19H,2,12-13H2,1H3,(H3,23,24,25,27). The zero-order chi connectivity index (χ0) is 20.4. The van der Waals surface area contributed by atoms with Crippen molar-refractivity contribution in [1.82, 2.24) is 14.9 Å². The normalized spacial score (nSPS) is 13.8. The van der Waals surface area contributed by atoms with E-state index in [1.54, 1.807) is 4.90 Å². The first-order chi connectivity index (χ1) is 14.1. The van der Waals surface area contributed by atoms with Crippen LogP contribution < -0.4 is 16.0 Å². The lowest BCUT2D eigenvalue weighted by atomic mass is 10.1. The van der Waals surface area contributed by atoms with E-state index in [1.165, 1.54) is 0 Å². The molecule has 1 aromatic heterocycles. The summed E-state index contributed by atoms with van der Waals surface area (Å²) >= 11 is 0. The van der Waals surface area contributed by atoms with Gasteiger partial charge in [-0.2, -0.15) is 0 Å². The van der Waals surface area contributed by atoms with Crippen molar-refractivity contribution in [3.63, 3.8) is 0 Å². The van der Waals surface area contributed by atoms with Crippen molar-refractivity contribution in [3.05, 3.63) is 87.3 Å². The molecule has 7 heteroatoms. The van der Waals surface area contributed by atoms with E-state index in [2.05, 4.69) is 9.97 Å². The summed E-state index contributed by atoms with van der Waals surface area (Å²) in [5, 5.41) is 0. The summed E-state index contributed by atoms with van der Waals surface area (Å²) in [6, 6.07) is 17.1. The van der Waals surface area contributed by atoms with Crippen LogP contribution in [0.4, 0.5) is 5.95 Å². The average Bonchev–Trinajstić information content (AvgIpc) is 3.17. The number of carbonyl (C=O) groups is 1. The molecule has 0 aliphatic carbocycles. The first-order valence-electron chi connectivity index (χ1n) is 9.52. The van der Waals surface area contributed by atoms with Gasteiger partial charge in [0, 0.05) is 5.56 Å². The molecule has 3 aromatic rings. The smallest absolute Gasteiger partial charge is 0.269 e. The highest BCUT2D eigenvalue weighted by Gasteiger charge is 2.34. The number of hydrogen-bond acceptors (Lipinski definition) is 5. The lowest BCUT2D eigenvalue weighted by Gasteiger charge is -2.25. The van der Waals surface area contributed by atoms with E-state index in [0.717, 1.165) is 17.5 Å². The molecule has 29 heavy (non-hydrogen) atoms. The monoisotopic (exact) mass is 390 g/mol. The first-order valence-corrected chi connectivity index (χ1v) is 9.52. The van der Waals surface area contributed by atoms with E-state index >= 15 is 0 Å². The molecule has 0 fully saturated rings. The average molecular weight is 390 g/mol. The van der Waals surface area contributed by atoms with Crippen molar-refractivity contribution >= 4 is 11.9 Å².